The van der Waals surface area contributed by atoms with Crippen LogP contribution in [0.3, 0.4) is 0 Å². The van der Waals surface area contributed by atoms with Gasteiger partial charge in [-0.1, -0.05) is 49.8 Å². The average Bonchev–Trinajstić information content (AvgIpc) is 2.30. The fourth-order valence-corrected chi connectivity index (χ4v) is 2.05. The van der Waals surface area contributed by atoms with Gasteiger partial charge in [0.15, 0.2) is 0 Å². The molecular formula is C14H23N. The van der Waals surface area contributed by atoms with Gasteiger partial charge in [0.1, 0.15) is 0 Å². The molecule has 0 saturated carbocycles. The first-order chi connectivity index (χ1) is 7.26. The lowest BCUT2D eigenvalue weighted by atomic mass is 9.75. The Labute approximate surface area is 93.7 Å². The molecule has 1 aliphatic rings. The van der Waals surface area contributed by atoms with Crippen molar-refractivity contribution in [1.29, 1.82) is 0 Å². The van der Waals surface area contributed by atoms with Gasteiger partial charge in [-0.25, -0.2) is 0 Å². The summed E-state index contributed by atoms with van der Waals surface area (Å²) in [5.74, 6) is 0. The molecule has 1 rings (SSSR count). The summed E-state index contributed by atoms with van der Waals surface area (Å²) in [5.41, 5.74) is 7.31. The molecular weight excluding hydrogens is 182 g/mol. The van der Waals surface area contributed by atoms with Crippen molar-refractivity contribution in [2.75, 3.05) is 6.54 Å². The Balaban J connectivity index is 2.71. The molecule has 0 aromatic heterocycles. The van der Waals surface area contributed by atoms with E-state index >= 15 is 0 Å². The highest BCUT2D eigenvalue weighted by Crippen LogP contribution is 2.37. The maximum absolute atomic E-state index is 5.50. The van der Waals surface area contributed by atoms with Gasteiger partial charge in [0.05, 0.1) is 0 Å². The van der Waals surface area contributed by atoms with Crippen molar-refractivity contribution in [3.63, 3.8) is 0 Å². The van der Waals surface area contributed by atoms with Crippen LogP contribution in [0.1, 0.15) is 39.5 Å². The van der Waals surface area contributed by atoms with Crippen molar-refractivity contribution in [3.05, 3.63) is 36.0 Å². The monoisotopic (exact) mass is 205 g/mol. The minimum Gasteiger partial charge on any atom is -0.330 e. The fraction of sp³-hybridized carbons (Fsp3) is 0.571. The fourth-order valence-electron chi connectivity index (χ4n) is 2.05. The van der Waals surface area contributed by atoms with Gasteiger partial charge in [-0.05, 0) is 32.2 Å². The van der Waals surface area contributed by atoms with Crippen molar-refractivity contribution in [3.8, 4) is 0 Å². The third-order valence-electron chi connectivity index (χ3n) is 3.21. The molecule has 0 radical (unpaired) electrons. The summed E-state index contributed by atoms with van der Waals surface area (Å²) in [6, 6.07) is 0. The lowest BCUT2D eigenvalue weighted by molar-refractivity contribution is 0.457. The lowest BCUT2D eigenvalue weighted by Crippen LogP contribution is -2.17. The van der Waals surface area contributed by atoms with Crippen LogP contribution in [-0.4, -0.2) is 6.54 Å². The Kier molecular flexibility index (Phi) is 4.83. The highest BCUT2D eigenvalue weighted by Gasteiger charge is 2.24. The molecule has 0 aromatic rings. The second-order valence-corrected chi connectivity index (χ2v) is 4.28. The third-order valence-corrected chi connectivity index (χ3v) is 3.21. The first-order valence-corrected chi connectivity index (χ1v) is 6.01. The summed E-state index contributed by atoms with van der Waals surface area (Å²) in [4.78, 5) is 0. The third kappa shape index (κ3) is 3.35. The molecule has 0 saturated heterocycles. The number of hydrogen-bond donors (Lipinski definition) is 1. The van der Waals surface area contributed by atoms with E-state index in [0.717, 1.165) is 19.4 Å². The molecule has 0 amide bonds. The van der Waals surface area contributed by atoms with Crippen molar-refractivity contribution in [2.24, 2.45) is 11.1 Å². The van der Waals surface area contributed by atoms with Crippen LogP contribution in [0.4, 0.5) is 0 Å². The van der Waals surface area contributed by atoms with Gasteiger partial charge in [0.25, 0.3) is 0 Å². The molecule has 1 nitrogen and oxygen atoms in total. The standard InChI is InChI=1S/C14H23N/c1-3-13-8-7-10-14(4-2,12-13)9-5-6-11-15/h5,7-10H,3-4,6,11-12,15H2,1-2H3. The van der Waals surface area contributed by atoms with Gasteiger partial charge in [0.2, 0.25) is 0 Å². The molecule has 0 heterocycles. The zero-order chi connectivity index (χ0) is 11.1. The van der Waals surface area contributed by atoms with Crippen molar-refractivity contribution >= 4 is 0 Å². The van der Waals surface area contributed by atoms with Crippen LogP contribution in [0.15, 0.2) is 36.0 Å². The first kappa shape index (κ1) is 12.3. The van der Waals surface area contributed by atoms with E-state index in [0.29, 0.717) is 0 Å². The normalized spacial score (nSPS) is 25.9. The van der Waals surface area contributed by atoms with Crippen LogP contribution >= 0.6 is 0 Å². The van der Waals surface area contributed by atoms with E-state index in [9.17, 15) is 0 Å². The van der Waals surface area contributed by atoms with E-state index < -0.39 is 0 Å². The molecule has 0 bridgehead atoms. The van der Waals surface area contributed by atoms with Crippen molar-refractivity contribution in [1.82, 2.24) is 0 Å². The lowest BCUT2D eigenvalue weighted by Gasteiger charge is -2.29. The maximum atomic E-state index is 5.50. The highest BCUT2D eigenvalue weighted by atomic mass is 14.5. The smallest absolute Gasteiger partial charge is 0.00986 e. The van der Waals surface area contributed by atoms with Crippen LogP contribution < -0.4 is 5.73 Å². The first-order valence-electron chi connectivity index (χ1n) is 6.01. The highest BCUT2D eigenvalue weighted by molar-refractivity contribution is 5.27. The quantitative estimate of drug-likeness (QED) is 0.682. The average molecular weight is 205 g/mol. The molecule has 15 heavy (non-hydrogen) atoms. The molecule has 1 unspecified atom stereocenters. The van der Waals surface area contributed by atoms with Crippen LogP contribution in [0.25, 0.3) is 0 Å². The zero-order valence-corrected chi connectivity index (χ0v) is 10.00. The Morgan fingerprint density at radius 2 is 2.27 bits per heavy atom. The van der Waals surface area contributed by atoms with Gasteiger partial charge in [-0.2, -0.15) is 0 Å². The van der Waals surface area contributed by atoms with Gasteiger partial charge in [-0.3, -0.25) is 0 Å². The maximum Gasteiger partial charge on any atom is 0.00986 e. The molecule has 0 aromatic carbocycles. The SMILES string of the molecule is CCC1=CC=CC(C=CCCN)(CC)C1. The summed E-state index contributed by atoms with van der Waals surface area (Å²) in [7, 11) is 0. The summed E-state index contributed by atoms with van der Waals surface area (Å²) < 4.78 is 0. The van der Waals surface area contributed by atoms with Gasteiger partial charge in [-0.15, -0.1) is 0 Å². The molecule has 1 heteroatoms. The molecule has 0 spiro atoms. The van der Waals surface area contributed by atoms with Crippen LogP contribution in [0.5, 0.6) is 0 Å². The van der Waals surface area contributed by atoms with Crippen molar-refractivity contribution < 1.29 is 0 Å². The van der Waals surface area contributed by atoms with E-state index in [1.807, 2.05) is 0 Å². The molecule has 1 aliphatic carbocycles. The molecule has 1 atom stereocenters. The van der Waals surface area contributed by atoms with Crippen LogP contribution in [-0.2, 0) is 0 Å². The Bertz CT molecular complexity index is 273. The second kappa shape index (κ2) is 5.92. The zero-order valence-electron chi connectivity index (χ0n) is 10.00. The summed E-state index contributed by atoms with van der Waals surface area (Å²) in [5, 5.41) is 0. The number of allylic oxidation sites excluding steroid dienone is 5. The summed E-state index contributed by atoms with van der Waals surface area (Å²) in [6.45, 7) is 5.24. The van der Waals surface area contributed by atoms with E-state index in [2.05, 4.69) is 44.2 Å². The van der Waals surface area contributed by atoms with E-state index in [1.54, 1.807) is 5.57 Å². The number of rotatable bonds is 5. The van der Waals surface area contributed by atoms with E-state index in [4.69, 9.17) is 5.73 Å². The molecule has 84 valence electrons. The largest absolute Gasteiger partial charge is 0.330 e. The van der Waals surface area contributed by atoms with Crippen molar-refractivity contribution in [2.45, 2.75) is 39.5 Å². The summed E-state index contributed by atoms with van der Waals surface area (Å²) >= 11 is 0. The minimum atomic E-state index is 0.259. The Hall–Kier alpha value is -0.820. The molecule has 0 fully saturated rings. The second-order valence-electron chi connectivity index (χ2n) is 4.28. The van der Waals surface area contributed by atoms with Gasteiger partial charge in [0, 0.05) is 5.41 Å². The number of hydrogen-bond acceptors (Lipinski definition) is 1. The number of nitrogens with two attached hydrogens (primary N) is 1. The van der Waals surface area contributed by atoms with Crippen LogP contribution in [0, 0.1) is 5.41 Å². The predicted molar refractivity (Wildman–Crippen MR) is 67.7 cm³/mol. The van der Waals surface area contributed by atoms with Gasteiger partial charge < -0.3 is 5.73 Å². The van der Waals surface area contributed by atoms with Gasteiger partial charge >= 0.3 is 0 Å². The Morgan fingerprint density at radius 3 is 2.87 bits per heavy atom. The molecule has 0 aliphatic heterocycles. The summed E-state index contributed by atoms with van der Waals surface area (Å²) in [6.07, 6.45) is 15.9. The molecule has 2 N–H and O–H groups in total. The van der Waals surface area contributed by atoms with Crippen LogP contribution in [0.2, 0.25) is 0 Å². The van der Waals surface area contributed by atoms with E-state index in [1.165, 1.54) is 12.8 Å². The topological polar surface area (TPSA) is 26.0 Å². The minimum absolute atomic E-state index is 0.259. The predicted octanol–water partition coefficient (Wildman–Crippen LogP) is 3.58. The van der Waals surface area contributed by atoms with E-state index in [-0.39, 0.29) is 5.41 Å². The Morgan fingerprint density at radius 1 is 1.47 bits per heavy atom.